The molecule has 0 unspecified atom stereocenters. The molecule has 0 aliphatic heterocycles. The predicted molar refractivity (Wildman–Crippen MR) is 79.9 cm³/mol. The highest BCUT2D eigenvalue weighted by atomic mass is 16.6. The van der Waals surface area contributed by atoms with Crippen LogP contribution in [0, 0.1) is 17.0 Å². The van der Waals surface area contributed by atoms with Gasteiger partial charge < -0.3 is 4.74 Å². The molecular weight excluding hydrogens is 300 g/mol. The van der Waals surface area contributed by atoms with Crippen molar-refractivity contribution in [1.29, 1.82) is 0 Å². The van der Waals surface area contributed by atoms with Crippen LogP contribution in [0.2, 0.25) is 0 Å². The van der Waals surface area contributed by atoms with Crippen molar-refractivity contribution in [3.05, 3.63) is 69.7 Å². The Morgan fingerprint density at radius 2 is 2.22 bits per heavy atom. The van der Waals surface area contributed by atoms with E-state index in [9.17, 15) is 14.9 Å². The zero-order valence-corrected chi connectivity index (χ0v) is 12.2. The quantitative estimate of drug-likeness (QED) is 0.416. The number of ether oxygens (including phenoxy) is 1. The molecule has 2 aromatic heterocycles. The first kappa shape index (κ1) is 14.6. The second-order valence-electron chi connectivity index (χ2n) is 4.84. The van der Waals surface area contributed by atoms with E-state index in [1.807, 2.05) is 0 Å². The summed E-state index contributed by atoms with van der Waals surface area (Å²) in [4.78, 5) is 26.7. The number of nitro benzene ring substituents is 1. The summed E-state index contributed by atoms with van der Waals surface area (Å²) in [6.45, 7) is 1.56. The highest BCUT2D eigenvalue weighted by molar-refractivity contribution is 5.95. The summed E-state index contributed by atoms with van der Waals surface area (Å²) in [6.07, 6.45) is 4.60. The third-order valence-corrected chi connectivity index (χ3v) is 3.47. The Balaban J connectivity index is 1.80. The topological polar surface area (TPSA) is 99.6 Å². The summed E-state index contributed by atoms with van der Waals surface area (Å²) in [7, 11) is 0. The van der Waals surface area contributed by atoms with Crippen LogP contribution in [0.25, 0.3) is 5.65 Å². The Hall–Kier alpha value is -3.29. The molecule has 8 nitrogen and oxygen atoms in total. The fourth-order valence-corrected chi connectivity index (χ4v) is 2.22. The van der Waals surface area contributed by atoms with E-state index in [1.165, 1.54) is 16.8 Å². The molecule has 8 heteroatoms. The third-order valence-electron chi connectivity index (χ3n) is 3.47. The van der Waals surface area contributed by atoms with Gasteiger partial charge in [0, 0.05) is 24.0 Å². The molecule has 0 atom stereocenters. The fraction of sp³-hybridized carbons (Fsp3) is 0.133. The van der Waals surface area contributed by atoms with Crippen LogP contribution in [0.5, 0.6) is 0 Å². The summed E-state index contributed by atoms with van der Waals surface area (Å²) in [5.74, 6) is -0.579. The lowest BCUT2D eigenvalue weighted by atomic mass is 10.1. The first-order valence-electron chi connectivity index (χ1n) is 6.76. The Kier molecular flexibility index (Phi) is 3.71. The summed E-state index contributed by atoms with van der Waals surface area (Å²) < 4.78 is 6.71. The molecule has 1 aromatic carbocycles. The van der Waals surface area contributed by atoms with Crippen molar-refractivity contribution in [1.82, 2.24) is 14.6 Å². The molecule has 23 heavy (non-hydrogen) atoms. The van der Waals surface area contributed by atoms with Crippen molar-refractivity contribution in [2.45, 2.75) is 13.5 Å². The molecule has 3 aromatic rings. The maximum atomic E-state index is 12.2. The van der Waals surface area contributed by atoms with E-state index in [1.54, 1.807) is 37.5 Å². The molecule has 116 valence electrons. The van der Waals surface area contributed by atoms with Gasteiger partial charge in [0.05, 0.1) is 11.1 Å². The highest BCUT2D eigenvalue weighted by Gasteiger charge is 2.17. The van der Waals surface area contributed by atoms with Crippen molar-refractivity contribution < 1.29 is 14.5 Å². The lowest BCUT2D eigenvalue weighted by molar-refractivity contribution is -0.385. The van der Waals surface area contributed by atoms with E-state index in [2.05, 4.69) is 10.1 Å². The van der Waals surface area contributed by atoms with E-state index in [0.29, 0.717) is 16.8 Å². The Bertz CT molecular complexity index is 903. The summed E-state index contributed by atoms with van der Waals surface area (Å²) in [5, 5.41) is 14.9. The third kappa shape index (κ3) is 2.73. The lowest BCUT2D eigenvalue weighted by Crippen LogP contribution is -2.07. The molecule has 2 heterocycles. The van der Waals surface area contributed by atoms with Crippen LogP contribution in [0.15, 0.2) is 42.9 Å². The predicted octanol–water partition coefficient (Wildman–Crippen LogP) is 2.30. The number of fused-ring (bicyclic) bond motifs is 1. The zero-order valence-electron chi connectivity index (χ0n) is 12.2. The number of carbonyl (C=O) groups excluding carboxylic acids is 1. The Morgan fingerprint density at radius 1 is 1.39 bits per heavy atom. The van der Waals surface area contributed by atoms with Crippen LogP contribution >= 0.6 is 0 Å². The molecule has 0 aliphatic rings. The van der Waals surface area contributed by atoms with Gasteiger partial charge >= 0.3 is 5.97 Å². The fourth-order valence-electron chi connectivity index (χ4n) is 2.22. The van der Waals surface area contributed by atoms with E-state index in [4.69, 9.17) is 4.74 Å². The van der Waals surface area contributed by atoms with Gasteiger partial charge in [0.2, 0.25) is 0 Å². The van der Waals surface area contributed by atoms with Crippen molar-refractivity contribution >= 4 is 17.3 Å². The van der Waals surface area contributed by atoms with Crippen LogP contribution in [0.4, 0.5) is 5.69 Å². The number of carbonyl (C=O) groups is 1. The maximum absolute atomic E-state index is 12.2. The van der Waals surface area contributed by atoms with Gasteiger partial charge in [-0.3, -0.25) is 10.1 Å². The average molecular weight is 312 g/mol. The monoisotopic (exact) mass is 312 g/mol. The standard InChI is InChI=1S/C15H12N4O4/c1-10-11(4-2-5-13(10)19(21)22)9-23-15(20)12-8-17-18-7-3-6-16-14(12)18/h2-8H,9H2,1H3. The van der Waals surface area contributed by atoms with Crippen molar-refractivity contribution in [3.8, 4) is 0 Å². The summed E-state index contributed by atoms with van der Waals surface area (Å²) in [5.41, 5.74) is 1.69. The SMILES string of the molecule is Cc1c(COC(=O)c2cnn3cccnc23)cccc1[N+](=O)[O-]. The number of nitro groups is 1. The van der Waals surface area contributed by atoms with Gasteiger partial charge in [-0.1, -0.05) is 12.1 Å². The van der Waals surface area contributed by atoms with Gasteiger partial charge in [0.15, 0.2) is 5.65 Å². The first-order valence-corrected chi connectivity index (χ1v) is 6.76. The van der Waals surface area contributed by atoms with E-state index in [0.717, 1.165) is 0 Å². The number of hydrogen-bond donors (Lipinski definition) is 0. The first-order chi connectivity index (χ1) is 11.1. The van der Waals surface area contributed by atoms with Crippen LogP contribution in [0.3, 0.4) is 0 Å². The van der Waals surface area contributed by atoms with Gasteiger partial charge in [-0.15, -0.1) is 0 Å². The number of hydrogen-bond acceptors (Lipinski definition) is 6. The second-order valence-corrected chi connectivity index (χ2v) is 4.84. The summed E-state index contributed by atoms with van der Waals surface area (Å²) >= 11 is 0. The van der Waals surface area contributed by atoms with Gasteiger partial charge in [0.25, 0.3) is 5.69 Å². The molecule has 0 fully saturated rings. The molecule has 0 spiro atoms. The van der Waals surface area contributed by atoms with Gasteiger partial charge in [-0.2, -0.15) is 5.10 Å². The second kappa shape index (κ2) is 5.84. The van der Waals surface area contributed by atoms with E-state index >= 15 is 0 Å². The smallest absolute Gasteiger partial charge is 0.343 e. The van der Waals surface area contributed by atoms with Crippen molar-refractivity contribution in [2.24, 2.45) is 0 Å². The minimum atomic E-state index is -0.579. The van der Waals surface area contributed by atoms with Crippen LogP contribution in [-0.2, 0) is 11.3 Å². The minimum Gasteiger partial charge on any atom is -0.457 e. The van der Waals surface area contributed by atoms with Crippen LogP contribution in [-0.4, -0.2) is 25.5 Å². The Morgan fingerprint density at radius 3 is 3.00 bits per heavy atom. The average Bonchev–Trinajstić information content (AvgIpc) is 2.97. The molecule has 0 bridgehead atoms. The molecule has 0 aliphatic carbocycles. The molecular formula is C15H12N4O4. The molecule has 0 radical (unpaired) electrons. The lowest BCUT2D eigenvalue weighted by Gasteiger charge is -2.07. The Labute approximate surface area is 130 Å². The number of rotatable bonds is 4. The molecule has 0 saturated heterocycles. The minimum absolute atomic E-state index is 0.00352. The largest absolute Gasteiger partial charge is 0.457 e. The molecule has 0 N–H and O–H groups in total. The van der Waals surface area contributed by atoms with Crippen LogP contribution < -0.4 is 0 Å². The number of aromatic nitrogens is 3. The van der Waals surface area contributed by atoms with Gasteiger partial charge in [-0.25, -0.2) is 14.3 Å². The number of esters is 1. The normalized spacial score (nSPS) is 10.7. The van der Waals surface area contributed by atoms with E-state index < -0.39 is 10.9 Å². The number of nitrogens with zero attached hydrogens (tertiary/aromatic N) is 4. The maximum Gasteiger partial charge on any atom is 0.343 e. The summed E-state index contributed by atoms with van der Waals surface area (Å²) in [6, 6.07) is 6.35. The molecule has 0 amide bonds. The van der Waals surface area contributed by atoms with Crippen LogP contribution in [0.1, 0.15) is 21.5 Å². The van der Waals surface area contributed by atoms with Crippen molar-refractivity contribution in [2.75, 3.05) is 0 Å². The van der Waals surface area contributed by atoms with Gasteiger partial charge in [0.1, 0.15) is 12.2 Å². The van der Waals surface area contributed by atoms with Gasteiger partial charge in [-0.05, 0) is 18.6 Å². The number of benzene rings is 1. The van der Waals surface area contributed by atoms with E-state index in [-0.39, 0.29) is 17.9 Å². The van der Waals surface area contributed by atoms with Crippen molar-refractivity contribution in [3.63, 3.8) is 0 Å². The zero-order chi connectivity index (χ0) is 16.4. The molecule has 3 rings (SSSR count). The highest BCUT2D eigenvalue weighted by Crippen LogP contribution is 2.22. The molecule has 0 saturated carbocycles.